The molecular weight excluding hydrogens is 414 g/mol. The normalized spacial score (nSPS) is 34.5. The van der Waals surface area contributed by atoms with E-state index in [-0.39, 0.29) is 29.3 Å². The van der Waals surface area contributed by atoms with Crippen molar-refractivity contribution in [3.63, 3.8) is 0 Å². The van der Waals surface area contributed by atoms with E-state index in [1.54, 1.807) is 20.8 Å². The van der Waals surface area contributed by atoms with E-state index in [0.717, 1.165) is 25.7 Å². The van der Waals surface area contributed by atoms with Crippen molar-refractivity contribution in [2.45, 2.75) is 118 Å². The third-order valence-electron chi connectivity index (χ3n) is 6.47. The molecule has 1 heterocycles. The Balaban J connectivity index is 2.04. The van der Waals surface area contributed by atoms with Crippen molar-refractivity contribution >= 4 is 13.4 Å². The first kappa shape index (κ1) is 25.2. The van der Waals surface area contributed by atoms with Gasteiger partial charge in [0, 0.05) is 31.6 Å². The van der Waals surface area contributed by atoms with Gasteiger partial charge in [-0.3, -0.25) is 9.36 Å². The molecule has 0 amide bonds. The lowest BCUT2D eigenvalue weighted by Gasteiger charge is -2.39. The zero-order valence-corrected chi connectivity index (χ0v) is 22.0. The first-order valence-corrected chi connectivity index (χ1v) is 13.6. The maximum atomic E-state index is 16.7. The van der Waals surface area contributed by atoms with Gasteiger partial charge in [0.1, 0.15) is 11.5 Å². The predicted molar refractivity (Wildman–Crippen MR) is 124 cm³/mol. The molecule has 180 valence electrons. The van der Waals surface area contributed by atoms with Crippen LogP contribution in [0, 0.1) is 16.7 Å². The van der Waals surface area contributed by atoms with Crippen molar-refractivity contribution in [3.05, 3.63) is 0 Å². The summed E-state index contributed by atoms with van der Waals surface area (Å²) >= 11 is 0. The molecule has 0 aromatic heterocycles. The van der Waals surface area contributed by atoms with Gasteiger partial charge < -0.3 is 4.74 Å². The van der Waals surface area contributed by atoms with Crippen LogP contribution in [0.5, 0.6) is 0 Å². The number of carbonyl (C=O) groups excluding carboxylic acids is 1. The number of rotatable bonds is 4. The fraction of sp³-hybridized carbons (Fsp3) is 0.958. The first-order chi connectivity index (χ1) is 13.9. The highest BCUT2D eigenvalue weighted by Crippen LogP contribution is 2.81. The van der Waals surface area contributed by atoms with Crippen molar-refractivity contribution < 1.29 is 18.5 Å². The van der Waals surface area contributed by atoms with E-state index >= 15 is 8.96 Å². The smallest absolute Gasteiger partial charge is 0.313 e. The Morgan fingerprint density at radius 3 is 1.71 bits per heavy atom. The fourth-order valence-corrected chi connectivity index (χ4v) is 10.0. The average molecular weight is 459 g/mol. The van der Waals surface area contributed by atoms with Gasteiger partial charge in [-0.2, -0.15) is 0 Å². The van der Waals surface area contributed by atoms with Gasteiger partial charge in [0.05, 0.1) is 0 Å². The molecule has 2 aliphatic carbocycles. The molecule has 7 heteroatoms. The van der Waals surface area contributed by atoms with Crippen molar-refractivity contribution in [3.8, 4) is 0 Å². The summed E-state index contributed by atoms with van der Waals surface area (Å²) in [4.78, 5) is 12.8. The maximum absolute atomic E-state index is 16.7. The minimum Gasteiger partial charge on any atom is -0.460 e. The Morgan fingerprint density at radius 1 is 0.935 bits per heavy atom. The minimum absolute atomic E-state index is 0.0000825. The fourth-order valence-electron chi connectivity index (χ4n) is 5.35. The number of hydrogen-bond donors (Lipinski definition) is 0. The maximum Gasteiger partial charge on any atom is 0.313 e. The summed E-state index contributed by atoms with van der Waals surface area (Å²) in [5.74, 6) is -1.49. The van der Waals surface area contributed by atoms with Crippen molar-refractivity contribution in [2.24, 2.45) is 16.7 Å². The average Bonchev–Trinajstić information content (AvgIpc) is 3.22. The Morgan fingerprint density at radius 2 is 1.35 bits per heavy atom. The predicted octanol–water partition coefficient (Wildman–Crippen LogP) is 6.23. The quantitative estimate of drug-likeness (QED) is 0.369. The van der Waals surface area contributed by atoms with Gasteiger partial charge in [-0.05, 0) is 44.4 Å². The van der Waals surface area contributed by atoms with Crippen molar-refractivity contribution in [1.29, 1.82) is 0 Å². The van der Waals surface area contributed by atoms with E-state index in [2.05, 4.69) is 41.5 Å². The van der Waals surface area contributed by atoms with E-state index in [1.165, 1.54) is 0 Å². The van der Waals surface area contributed by atoms with Crippen LogP contribution in [0.2, 0.25) is 0 Å². The molecule has 3 aliphatic rings. The third kappa shape index (κ3) is 4.92. The van der Waals surface area contributed by atoms with E-state index in [1.807, 2.05) is 9.34 Å². The highest BCUT2D eigenvalue weighted by Gasteiger charge is 2.78. The van der Waals surface area contributed by atoms with Crippen LogP contribution < -0.4 is 0 Å². The summed E-state index contributed by atoms with van der Waals surface area (Å²) in [5, 5.41) is -2.02. The molecule has 5 nitrogen and oxygen atoms in total. The lowest BCUT2D eigenvalue weighted by atomic mass is 9.87. The second-order valence-electron chi connectivity index (χ2n) is 13.4. The molecule has 0 bridgehead atoms. The standard InChI is InChI=1S/C24H44FN2O3P/c1-21(2,3)15-26-18-12-10-11-13-19(18)27(16-22(4,5)6)31(26,29)24(25)14-17(24)20(28)30-23(7,8)9/h17-19H,10-16H2,1-9H3/t17-,18+,19+,24+/m1/s1. The van der Waals surface area contributed by atoms with E-state index in [9.17, 15) is 4.79 Å². The molecule has 4 atom stereocenters. The Kier molecular flexibility index (Phi) is 6.34. The molecular formula is C24H44FN2O3P. The van der Waals surface area contributed by atoms with Gasteiger partial charge in [0.25, 0.3) is 7.44 Å². The first-order valence-electron chi connectivity index (χ1n) is 12.0. The van der Waals surface area contributed by atoms with Gasteiger partial charge in [0.15, 0.2) is 0 Å². The number of fused-ring (bicyclic) bond motifs is 1. The number of nitrogens with zero attached hydrogens (tertiary/aromatic N) is 2. The highest BCUT2D eigenvalue weighted by atomic mass is 31.2. The molecule has 2 saturated carbocycles. The van der Waals surface area contributed by atoms with Gasteiger partial charge in [-0.25, -0.2) is 13.7 Å². The second-order valence-corrected chi connectivity index (χ2v) is 16.2. The number of halogens is 1. The van der Waals surface area contributed by atoms with Gasteiger partial charge in [-0.1, -0.05) is 54.4 Å². The van der Waals surface area contributed by atoms with E-state index in [0.29, 0.717) is 13.1 Å². The van der Waals surface area contributed by atoms with Crippen molar-refractivity contribution in [2.75, 3.05) is 13.1 Å². The Bertz CT molecular complexity index is 715. The van der Waals surface area contributed by atoms with Crippen LogP contribution in [0.1, 0.15) is 94.4 Å². The molecule has 3 rings (SSSR count). The Labute approximate surface area is 188 Å². The molecule has 1 saturated heterocycles. The molecule has 1 aliphatic heterocycles. The van der Waals surface area contributed by atoms with Gasteiger partial charge >= 0.3 is 5.97 Å². The second kappa shape index (κ2) is 7.81. The number of alkyl halides is 1. The molecule has 31 heavy (non-hydrogen) atoms. The van der Waals surface area contributed by atoms with Crippen LogP contribution in [-0.4, -0.2) is 51.5 Å². The molecule has 0 radical (unpaired) electrons. The van der Waals surface area contributed by atoms with Crippen LogP contribution >= 0.6 is 7.44 Å². The Hall–Kier alpha value is -0.450. The van der Waals surface area contributed by atoms with Crippen LogP contribution in [0.25, 0.3) is 0 Å². The summed E-state index contributed by atoms with van der Waals surface area (Å²) in [6.45, 7) is 19.2. The number of ether oxygens (including phenoxy) is 1. The van der Waals surface area contributed by atoms with Crippen LogP contribution in [0.15, 0.2) is 0 Å². The van der Waals surface area contributed by atoms with Crippen LogP contribution in [0.3, 0.4) is 0 Å². The monoisotopic (exact) mass is 458 g/mol. The zero-order valence-electron chi connectivity index (χ0n) is 21.1. The molecule has 0 unspecified atom stereocenters. The van der Waals surface area contributed by atoms with Gasteiger partial charge in [-0.15, -0.1) is 0 Å². The summed E-state index contributed by atoms with van der Waals surface area (Å²) in [6, 6.07) is 0.183. The summed E-state index contributed by atoms with van der Waals surface area (Å²) in [6.07, 6.45) is 4.05. The number of esters is 1. The molecule has 3 fully saturated rings. The lowest BCUT2D eigenvalue weighted by Crippen LogP contribution is -2.43. The zero-order chi connectivity index (χ0) is 23.6. The topological polar surface area (TPSA) is 49.9 Å². The summed E-state index contributed by atoms with van der Waals surface area (Å²) in [5.41, 5.74) is -0.931. The van der Waals surface area contributed by atoms with Gasteiger partial charge in [0.2, 0.25) is 5.41 Å². The molecule has 0 aromatic carbocycles. The minimum atomic E-state index is -3.64. The third-order valence-corrected chi connectivity index (χ3v) is 10.2. The van der Waals surface area contributed by atoms with E-state index in [4.69, 9.17) is 4.74 Å². The van der Waals surface area contributed by atoms with Crippen LogP contribution in [0.4, 0.5) is 4.39 Å². The summed E-state index contributed by atoms with van der Waals surface area (Å²) in [7, 11) is -3.64. The molecule has 0 N–H and O–H groups in total. The molecule has 0 spiro atoms. The summed E-state index contributed by atoms with van der Waals surface area (Å²) < 4.78 is 41.3. The van der Waals surface area contributed by atoms with E-state index < -0.39 is 30.3 Å². The lowest BCUT2D eigenvalue weighted by molar-refractivity contribution is -0.157. The number of hydrogen-bond acceptors (Lipinski definition) is 3. The number of carbonyl (C=O) groups is 1. The van der Waals surface area contributed by atoms with Crippen molar-refractivity contribution in [1.82, 2.24) is 9.34 Å². The highest BCUT2D eigenvalue weighted by molar-refractivity contribution is 7.61. The largest absolute Gasteiger partial charge is 0.460 e. The molecule has 0 aromatic rings. The van der Waals surface area contributed by atoms with Crippen LogP contribution in [-0.2, 0) is 14.1 Å². The SMILES string of the molecule is CC(C)(C)CN1[C@H]2CCCC[C@@H]2N(CC(C)(C)C)P1(=O)[C@@]1(F)C[C@@H]1C(=O)OC(C)(C)C.